The topological polar surface area (TPSA) is 46.3 Å². The first-order valence-corrected chi connectivity index (χ1v) is 6.84. The largest absolute Gasteiger partial charge is 0.342 e. The van der Waals surface area contributed by atoms with Gasteiger partial charge in [0.25, 0.3) is 0 Å². The number of amides is 1. The Balaban J connectivity index is 1.91. The number of nitrogens with two attached hydrogens (primary N) is 1. The van der Waals surface area contributed by atoms with Gasteiger partial charge in [-0.05, 0) is 37.3 Å². The van der Waals surface area contributed by atoms with Crippen molar-refractivity contribution < 1.29 is 4.79 Å². The molecule has 2 aliphatic rings. The van der Waals surface area contributed by atoms with E-state index in [1.807, 2.05) is 23.1 Å². The lowest BCUT2D eigenvalue weighted by Gasteiger charge is -2.24. The van der Waals surface area contributed by atoms with Gasteiger partial charge in [0.1, 0.15) is 0 Å². The van der Waals surface area contributed by atoms with Crippen LogP contribution in [0.15, 0.2) is 30.3 Å². The summed E-state index contributed by atoms with van der Waals surface area (Å²) in [5.41, 5.74) is 6.66. The summed E-state index contributed by atoms with van der Waals surface area (Å²) in [7, 11) is 0. The first-order chi connectivity index (χ1) is 8.79. The van der Waals surface area contributed by atoms with Crippen LogP contribution in [-0.4, -0.2) is 30.4 Å². The summed E-state index contributed by atoms with van der Waals surface area (Å²) in [5, 5.41) is 0. The van der Waals surface area contributed by atoms with Gasteiger partial charge in [0.2, 0.25) is 5.91 Å². The predicted octanol–water partition coefficient (Wildman–Crippen LogP) is 1.53. The van der Waals surface area contributed by atoms with E-state index in [2.05, 4.69) is 12.1 Å². The summed E-state index contributed by atoms with van der Waals surface area (Å²) in [6.45, 7) is 2.45. The Bertz CT molecular complexity index is 439. The molecular formula is C15H20N2O. The zero-order valence-electron chi connectivity index (χ0n) is 10.6. The predicted molar refractivity (Wildman–Crippen MR) is 71.1 cm³/mol. The fourth-order valence-electron chi connectivity index (χ4n) is 3.29. The van der Waals surface area contributed by atoms with Crippen LogP contribution in [0.4, 0.5) is 0 Å². The van der Waals surface area contributed by atoms with Crippen molar-refractivity contribution in [2.24, 2.45) is 11.7 Å². The van der Waals surface area contributed by atoms with E-state index in [0.717, 1.165) is 37.9 Å². The highest BCUT2D eigenvalue weighted by Gasteiger charge is 2.61. The molecule has 1 aromatic rings. The third kappa shape index (κ3) is 1.65. The molecule has 1 aliphatic heterocycles. The lowest BCUT2D eigenvalue weighted by molar-refractivity contribution is -0.133. The number of benzene rings is 1. The maximum absolute atomic E-state index is 12.8. The number of carbonyl (C=O) groups excluding carboxylic acids is 1. The Hall–Kier alpha value is -1.35. The van der Waals surface area contributed by atoms with Crippen molar-refractivity contribution in [2.75, 3.05) is 19.6 Å². The first kappa shape index (κ1) is 11.7. The van der Waals surface area contributed by atoms with Gasteiger partial charge in [0, 0.05) is 13.1 Å². The van der Waals surface area contributed by atoms with Crippen molar-refractivity contribution in [2.45, 2.75) is 24.7 Å². The summed E-state index contributed by atoms with van der Waals surface area (Å²) in [6.07, 6.45) is 3.21. The van der Waals surface area contributed by atoms with Crippen LogP contribution in [0.2, 0.25) is 0 Å². The Morgan fingerprint density at radius 1 is 1.28 bits per heavy atom. The fourth-order valence-corrected chi connectivity index (χ4v) is 3.29. The molecule has 2 atom stereocenters. The molecule has 3 heteroatoms. The van der Waals surface area contributed by atoms with Crippen molar-refractivity contribution >= 4 is 5.91 Å². The maximum atomic E-state index is 12.8. The average molecular weight is 244 g/mol. The highest BCUT2D eigenvalue weighted by molar-refractivity contribution is 5.92. The van der Waals surface area contributed by atoms with Crippen LogP contribution in [0.3, 0.4) is 0 Å². The number of nitrogens with zero attached hydrogens (tertiary/aromatic N) is 1. The Morgan fingerprint density at radius 3 is 2.50 bits per heavy atom. The molecule has 0 spiro atoms. The molecule has 2 fully saturated rings. The van der Waals surface area contributed by atoms with E-state index in [-0.39, 0.29) is 5.41 Å². The summed E-state index contributed by atoms with van der Waals surface area (Å²) in [4.78, 5) is 14.8. The lowest BCUT2D eigenvalue weighted by atomic mass is 9.91. The molecule has 3 nitrogen and oxygen atoms in total. The van der Waals surface area contributed by atoms with Crippen molar-refractivity contribution in [3.8, 4) is 0 Å². The normalized spacial score (nSPS) is 30.5. The molecule has 0 bridgehead atoms. The molecule has 1 aliphatic carbocycles. The molecule has 1 unspecified atom stereocenters. The van der Waals surface area contributed by atoms with Crippen LogP contribution in [0, 0.1) is 5.92 Å². The summed E-state index contributed by atoms with van der Waals surface area (Å²) in [5.74, 6) is 0.634. The molecular weight excluding hydrogens is 224 g/mol. The zero-order chi connectivity index (χ0) is 12.6. The van der Waals surface area contributed by atoms with Gasteiger partial charge in [0.15, 0.2) is 0 Å². The molecule has 1 aromatic carbocycles. The third-order valence-corrected chi connectivity index (χ3v) is 4.45. The molecule has 1 heterocycles. The summed E-state index contributed by atoms with van der Waals surface area (Å²) < 4.78 is 0. The molecule has 96 valence electrons. The van der Waals surface area contributed by atoms with E-state index in [1.54, 1.807) is 0 Å². The van der Waals surface area contributed by atoms with E-state index in [1.165, 1.54) is 0 Å². The van der Waals surface area contributed by atoms with Crippen LogP contribution in [0.5, 0.6) is 0 Å². The van der Waals surface area contributed by atoms with Gasteiger partial charge in [-0.2, -0.15) is 0 Å². The number of likely N-dealkylation sites (tertiary alicyclic amines) is 1. The number of hydrogen-bond donors (Lipinski definition) is 1. The minimum Gasteiger partial charge on any atom is -0.342 e. The van der Waals surface area contributed by atoms with Crippen molar-refractivity contribution in [3.05, 3.63) is 35.9 Å². The quantitative estimate of drug-likeness (QED) is 0.876. The second-order valence-corrected chi connectivity index (χ2v) is 5.47. The second kappa shape index (κ2) is 4.39. The lowest BCUT2D eigenvalue weighted by Crippen LogP contribution is -2.39. The zero-order valence-corrected chi connectivity index (χ0v) is 10.6. The molecule has 1 amide bonds. The van der Waals surface area contributed by atoms with Crippen molar-refractivity contribution in [3.63, 3.8) is 0 Å². The van der Waals surface area contributed by atoms with E-state index >= 15 is 0 Å². The highest BCUT2D eigenvalue weighted by atomic mass is 16.2. The average Bonchev–Trinajstić information content (AvgIpc) is 2.92. The van der Waals surface area contributed by atoms with Gasteiger partial charge in [-0.15, -0.1) is 0 Å². The van der Waals surface area contributed by atoms with Crippen LogP contribution >= 0.6 is 0 Å². The standard InChI is InChI=1S/C15H20N2O/c16-11-13-10-15(13,12-6-2-1-3-7-12)14(18)17-8-4-5-9-17/h1-3,6-7,13H,4-5,8-11,16H2/t13?,15-/m1/s1. The van der Waals surface area contributed by atoms with Crippen LogP contribution in [-0.2, 0) is 10.2 Å². The third-order valence-electron chi connectivity index (χ3n) is 4.45. The SMILES string of the molecule is NCC1C[C@@]1(C(=O)N1CCCC1)c1ccccc1. The Morgan fingerprint density at radius 2 is 1.94 bits per heavy atom. The molecule has 3 rings (SSSR count). The van der Waals surface area contributed by atoms with Gasteiger partial charge in [-0.1, -0.05) is 30.3 Å². The van der Waals surface area contributed by atoms with E-state index in [0.29, 0.717) is 18.4 Å². The maximum Gasteiger partial charge on any atom is 0.233 e. The van der Waals surface area contributed by atoms with Gasteiger partial charge in [-0.3, -0.25) is 4.79 Å². The Kier molecular flexibility index (Phi) is 2.86. The molecule has 18 heavy (non-hydrogen) atoms. The second-order valence-electron chi connectivity index (χ2n) is 5.47. The van der Waals surface area contributed by atoms with Crippen LogP contribution in [0.1, 0.15) is 24.8 Å². The number of hydrogen-bond acceptors (Lipinski definition) is 2. The van der Waals surface area contributed by atoms with Gasteiger partial charge < -0.3 is 10.6 Å². The van der Waals surface area contributed by atoms with Crippen LogP contribution < -0.4 is 5.73 Å². The smallest absolute Gasteiger partial charge is 0.233 e. The summed E-state index contributed by atoms with van der Waals surface area (Å²) >= 11 is 0. The monoisotopic (exact) mass is 244 g/mol. The van der Waals surface area contributed by atoms with Gasteiger partial charge in [0.05, 0.1) is 5.41 Å². The molecule has 2 N–H and O–H groups in total. The van der Waals surface area contributed by atoms with Crippen molar-refractivity contribution in [1.82, 2.24) is 4.90 Å². The van der Waals surface area contributed by atoms with Crippen LogP contribution in [0.25, 0.3) is 0 Å². The molecule has 0 aromatic heterocycles. The minimum absolute atomic E-state index is 0.305. The summed E-state index contributed by atoms with van der Waals surface area (Å²) in [6, 6.07) is 10.2. The van der Waals surface area contributed by atoms with E-state index in [4.69, 9.17) is 5.73 Å². The molecule has 1 saturated carbocycles. The van der Waals surface area contributed by atoms with E-state index < -0.39 is 0 Å². The minimum atomic E-state index is -0.305. The highest BCUT2D eigenvalue weighted by Crippen LogP contribution is 2.55. The fraction of sp³-hybridized carbons (Fsp3) is 0.533. The number of carbonyl (C=O) groups is 1. The van der Waals surface area contributed by atoms with Gasteiger partial charge >= 0.3 is 0 Å². The number of rotatable bonds is 3. The Labute approximate surface area is 108 Å². The molecule has 1 saturated heterocycles. The van der Waals surface area contributed by atoms with Gasteiger partial charge in [-0.25, -0.2) is 0 Å². The van der Waals surface area contributed by atoms with E-state index in [9.17, 15) is 4.79 Å². The van der Waals surface area contributed by atoms with Crippen molar-refractivity contribution in [1.29, 1.82) is 0 Å². The first-order valence-electron chi connectivity index (χ1n) is 6.84. The molecule has 0 radical (unpaired) electrons.